The van der Waals surface area contributed by atoms with Gasteiger partial charge >= 0.3 is 6.18 Å². The maximum absolute atomic E-state index is 13.3. The number of carbonyl (C=O) groups is 1. The highest BCUT2D eigenvalue weighted by molar-refractivity contribution is 5.95. The van der Waals surface area contributed by atoms with Gasteiger partial charge in [0.1, 0.15) is 0 Å². The van der Waals surface area contributed by atoms with Crippen LogP contribution in [-0.2, 0) is 12.7 Å². The van der Waals surface area contributed by atoms with E-state index in [0.29, 0.717) is 35.7 Å². The SMILES string of the molecule is Cc1c(C(=O)N(CCN(C)C)Cc2cccc(C(F)(F)F)c2)cnn1-c1ccc(=O)[nH]n1. The molecule has 0 atom stereocenters. The summed E-state index contributed by atoms with van der Waals surface area (Å²) in [7, 11) is 3.69. The zero-order valence-electron chi connectivity index (χ0n) is 17.8. The highest BCUT2D eigenvalue weighted by Gasteiger charge is 2.30. The van der Waals surface area contributed by atoms with Crippen molar-refractivity contribution in [3.8, 4) is 5.82 Å². The summed E-state index contributed by atoms with van der Waals surface area (Å²) in [6.45, 7) is 2.53. The maximum atomic E-state index is 13.3. The molecule has 0 saturated carbocycles. The molecule has 0 aliphatic carbocycles. The summed E-state index contributed by atoms with van der Waals surface area (Å²) < 4.78 is 40.7. The molecule has 0 bridgehead atoms. The average molecular weight is 448 g/mol. The van der Waals surface area contributed by atoms with Crippen LogP contribution in [0, 0.1) is 6.92 Å². The van der Waals surface area contributed by atoms with Gasteiger partial charge in [0.15, 0.2) is 5.82 Å². The molecule has 170 valence electrons. The molecule has 0 radical (unpaired) electrons. The van der Waals surface area contributed by atoms with E-state index in [1.54, 1.807) is 13.0 Å². The van der Waals surface area contributed by atoms with E-state index in [2.05, 4.69) is 15.3 Å². The number of hydrogen-bond acceptors (Lipinski definition) is 5. The van der Waals surface area contributed by atoms with E-state index in [1.165, 1.54) is 34.0 Å². The number of rotatable bonds is 7. The third kappa shape index (κ3) is 5.41. The van der Waals surface area contributed by atoms with Crippen molar-refractivity contribution in [1.29, 1.82) is 0 Å². The summed E-state index contributed by atoms with van der Waals surface area (Å²) >= 11 is 0. The molecule has 32 heavy (non-hydrogen) atoms. The number of hydrogen-bond donors (Lipinski definition) is 1. The average Bonchev–Trinajstić information content (AvgIpc) is 3.12. The zero-order chi connectivity index (χ0) is 23.5. The fourth-order valence-electron chi connectivity index (χ4n) is 3.12. The minimum atomic E-state index is -4.46. The third-order valence-electron chi connectivity index (χ3n) is 4.85. The van der Waals surface area contributed by atoms with E-state index in [1.807, 2.05) is 19.0 Å². The Morgan fingerprint density at radius 2 is 1.91 bits per heavy atom. The first kappa shape index (κ1) is 23.2. The van der Waals surface area contributed by atoms with Crippen LogP contribution >= 0.6 is 0 Å². The number of aromatic amines is 1. The number of nitrogens with zero attached hydrogens (tertiary/aromatic N) is 5. The largest absolute Gasteiger partial charge is 0.416 e. The Hall–Kier alpha value is -3.47. The predicted molar refractivity (Wildman–Crippen MR) is 111 cm³/mol. The summed E-state index contributed by atoms with van der Waals surface area (Å²) in [5.74, 6) is -0.0312. The number of halogens is 3. The van der Waals surface area contributed by atoms with Crippen LogP contribution in [0.3, 0.4) is 0 Å². The maximum Gasteiger partial charge on any atom is 0.416 e. The lowest BCUT2D eigenvalue weighted by molar-refractivity contribution is -0.137. The third-order valence-corrected chi connectivity index (χ3v) is 4.85. The lowest BCUT2D eigenvalue weighted by atomic mass is 10.1. The first-order chi connectivity index (χ1) is 15.1. The summed E-state index contributed by atoms with van der Waals surface area (Å²) in [6.07, 6.45) is -3.07. The van der Waals surface area contributed by atoms with Crippen molar-refractivity contribution < 1.29 is 18.0 Å². The summed E-state index contributed by atoms with van der Waals surface area (Å²) in [5.41, 5.74) is 0.0328. The van der Waals surface area contributed by atoms with Crippen molar-refractivity contribution in [2.24, 2.45) is 0 Å². The van der Waals surface area contributed by atoms with Gasteiger partial charge in [0, 0.05) is 25.7 Å². The Bertz CT molecular complexity index is 1130. The Kier molecular flexibility index (Phi) is 6.78. The molecule has 1 amide bonds. The fraction of sp³-hybridized carbons (Fsp3) is 0.333. The van der Waals surface area contributed by atoms with Crippen molar-refractivity contribution in [2.45, 2.75) is 19.6 Å². The monoisotopic (exact) mass is 448 g/mol. The number of benzene rings is 1. The summed E-state index contributed by atoms with van der Waals surface area (Å²) in [4.78, 5) is 27.9. The number of nitrogens with one attached hydrogen (secondary N) is 1. The van der Waals surface area contributed by atoms with Gasteiger partial charge in [-0.05, 0) is 44.8 Å². The summed E-state index contributed by atoms with van der Waals surface area (Å²) in [6, 6.07) is 7.71. The molecule has 3 rings (SSSR count). The van der Waals surface area contributed by atoms with E-state index in [0.717, 1.165) is 12.1 Å². The molecular formula is C21H23F3N6O2. The second-order valence-electron chi connectivity index (χ2n) is 7.56. The van der Waals surface area contributed by atoms with Crippen LogP contribution in [0.2, 0.25) is 0 Å². The number of amides is 1. The van der Waals surface area contributed by atoms with Crippen LogP contribution in [0.1, 0.15) is 27.2 Å². The summed E-state index contributed by atoms with van der Waals surface area (Å²) in [5, 5.41) is 10.4. The first-order valence-electron chi connectivity index (χ1n) is 9.77. The van der Waals surface area contributed by atoms with Gasteiger partial charge in [-0.15, -0.1) is 0 Å². The Morgan fingerprint density at radius 1 is 1.16 bits per heavy atom. The highest BCUT2D eigenvalue weighted by atomic mass is 19.4. The fourth-order valence-corrected chi connectivity index (χ4v) is 3.12. The van der Waals surface area contributed by atoms with Gasteiger partial charge in [0.25, 0.3) is 11.5 Å². The molecule has 0 spiro atoms. The van der Waals surface area contributed by atoms with Gasteiger partial charge in [0.2, 0.25) is 0 Å². The van der Waals surface area contributed by atoms with Crippen molar-refractivity contribution in [2.75, 3.05) is 27.2 Å². The molecule has 1 N–H and O–H groups in total. The Labute approximate surface area is 182 Å². The minimum Gasteiger partial charge on any atom is -0.333 e. The molecule has 2 aromatic heterocycles. The molecule has 0 unspecified atom stereocenters. The van der Waals surface area contributed by atoms with Crippen molar-refractivity contribution in [3.05, 3.63) is 75.3 Å². The molecule has 0 fully saturated rings. The normalized spacial score (nSPS) is 11.7. The number of aromatic nitrogens is 4. The van der Waals surface area contributed by atoms with Gasteiger partial charge in [-0.2, -0.15) is 23.4 Å². The van der Waals surface area contributed by atoms with Crippen LogP contribution in [-0.4, -0.2) is 62.9 Å². The molecule has 2 heterocycles. The molecular weight excluding hydrogens is 425 g/mol. The van der Waals surface area contributed by atoms with Gasteiger partial charge < -0.3 is 9.80 Å². The lowest BCUT2D eigenvalue weighted by Gasteiger charge is -2.25. The van der Waals surface area contributed by atoms with E-state index in [-0.39, 0.29) is 18.0 Å². The number of likely N-dealkylation sites (N-methyl/N-ethyl adjacent to an activating group) is 1. The lowest BCUT2D eigenvalue weighted by Crippen LogP contribution is -2.36. The molecule has 0 saturated heterocycles. The molecule has 1 aromatic carbocycles. The zero-order valence-corrected chi connectivity index (χ0v) is 17.8. The van der Waals surface area contributed by atoms with Crippen LogP contribution in [0.4, 0.5) is 13.2 Å². The molecule has 11 heteroatoms. The molecule has 0 aliphatic rings. The van der Waals surface area contributed by atoms with E-state index >= 15 is 0 Å². The van der Waals surface area contributed by atoms with Crippen LogP contribution in [0.25, 0.3) is 5.82 Å². The van der Waals surface area contributed by atoms with E-state index in [9.17, 15) is 22.8 Å². The highest BCUT2D eigenvalue weighted by Crippen LogP contribution is 2.30. The smallest absolute Gasteiger partial charge is 0.333 e. The topological polar surface area (TPSA) is 87.1 Å². The molecule has 0 aliphatic heterocycles. The second kappa shape index (κ2) is 9.35. The van der Waals surface area contributed by atoms with Gasteiger partial charge in [-0.3, -0.25) is 9.59 Å². The van der Waals surface area contributed by atoms with Crippen LogP contribution in [0.15, 0.2) is 47.4 Å². The van der Waals surface area contributed by atoms with Gasteiger partial charge in [-0.1, -0.05) is 12.1 Å². The second-order valence-corrected chi connectivity index (χ2v) is 7.56. The Morgan fingerprint density at radius 3 is 2.53 bits per heavy atom. The van der Waals surface area contributed by atoms with E-state index < -0.39 is 11.7 Å². The number of carbonyl (C=O) groups excluding carboxylic acids is 1. The Balaban J connectivity index is 1.90. The van der Waals surface area contributed by atoms with Crippen molar-refractivity contribution in [1.82, 2.24) is 29.8 Å². The standard InChI is InChI=1S/C21H23F3N6O2/c1-14-17(12-25-30(14)18-7-8-19(31)27-26-18)20(32)29(10-9-28(2)3)13-15-5-4-6-16(11-15)21(22,23)24/h4-8,11-12H,9-10,13H2,1-3H3,(H,27,31). The van der Waals surface area contributed by atoms with Crippen molar-refractivity contribution >= 4 is 5.91 Å². The number of alkyl halides is 3. The number of H-pyrrole nitrogens is 1. The van der Waals surface area contributed by atoms with Gasteiger partial charge in [-0.25, -0.2) is 9.78 Å². The van der Waals surface area contributed by atoms with Crippen molar-refractivity contribution in [3.63, 3.8) is 0 Å². The van der Waals surface area contributed by atoms with Crippen LogP contribution in [0.5, 0.6) is 0 Å². The van der Waals surface area contributed by atoms with Gasteiger partial charge in [0.05, 0.1) is 23.0 Å². The quantitative estimate of drug-likeness (QED) is 0.600. The molecule has 3 aromatic rings. The van der Waals surface area contributed by atoms with Crippen LogP contribution < -0.4 is 5.56 Å². The predicted octanol–water partition coefficient (Wildman–Crippen LogP) is 2.49. The first-order valence-corrected chi connectivity index (χ1v) is 9.77. The van der Waals surface area contributed by atoms with E-state index in [4.69, 9.17) is 0 Å². The molecule has 8 nitrogen and oxygen atoms in total. The minimum absolute atomic E-state index is 0.0120.